The highest BCUT2D eigenvalue weighted by atomic mass is 16.2. The molecule has 0 radical (unpaired) electrons. The van der Waals surface area contributed by atoms with Gasteiger partial charge in [-0.15, -0.1) is 0 Å². The average molecular weight is 339 g/mol. The molecule has 0 aliphatic carbocycles. The molecule has 0 heterocycles. The van der Waals surface area contributed by atoms with Crippen LogP contribution in [0.2, 0.25) is 0 Å². The number of amides is 3. The van der Waals surface area contributed by atoms with E-state index in [4.69, 9.17) is 0 Å². The minimum atomic E-state index is -0.725. The molecule has 1 atom stereocenters. The van der Waals surface area contributed by atoms with Crippen molar-refractivity contribution in [2.45, 2.75) is 19.9 Å². The van der Waals surface area contributed by atoms with Crippen molar-refractivity contribution in [1.82, 2.24) is 10.6 Å². The van der Waals surface area contributed by atoms with E-state index >= 15 is 0 Å². The summed E-state index contributed by atoms with van der Waals surface area (Å²) in [5.74, 6) is -0.919. The number of nitrogens with one attached hydrogen (secondary N) is 3. The van der Waals surface area contributed by atoms with E-state index in [1.807, 2.05) is 13.0 Å². The maximum absolute atomic E-state index is 12.3. The second-order valence-electron chi connectivity index (χ2n) is 5.71. The van der Waals surface area contributed by atoms with Crippen LogP contribution in [0.3, 0.4) is 0 Å². The van der Waals surface area contributed by atoms with E-state index in [9.17, 15) is 14.4 Å². The molecule has 25 heavy (non-hydrogen) atoms. The lowest BCUT2D eigenvalue weighted by Crippen LogP contribution is -2.41. The Hall–Kier alpha value is -3.15. The number of hydrogen-bond donors (Lipinski definition) is 3. The zero-order valence-electron chi connectivity index (χ0n) is 14.4. The third-order valence-corrected chi connectivity index (χ3v) is 3.64. The van der Waals surface area contributed by atoms with Crippen LogP contribution in [0.1, 0.15) is 33.2 Å². The van der Waals surface area contributed by atoms with Crippen LogP contribution in [-0.4, -0.2) is 30.8 Å². The van der Waals surface area contributed by atoms with Gasteiger partial charge in [0, 0.05) is 23.9 Å². The van der Waals surface area contributed by atoms with Crippen LogP contribution >= 0.6 is 0 Å². The fourth-order valence-corrected chi connectivity index (χ4v) is 2.26. The van der Waals surface area contributed by atoms with Gasteiger partial charge in [-0.1, -0.05) is 23.8 Å². The first-order chi connectivity index (χ1) is 11.9. The van der Waals surface area contributed by atoms with Gasteiger partial charge in [-0.25, -0.2) is 0 Å². The van der Waals surface area contributed by atoms with Gasteiger partial charge in [-0.2, -0.15) is 0 Å². The molecular weight excluding hydrogens is 318 g/mol. The molecule has 0 aliphatic heterocycles. The zero-order chi connectivity index (χ0) is 18.4. The SMILES string of the molecule is CNC(=O)c1cccc(NC(=O)C(C)NC(=O)c2cccc(C)c2)c1. The third kappa shape index (κ3) is 4.91. The molecule has 6 nitrogen and oxygen atoms in total. The van der Waals surface area contributed by atoms with Crippen molar-refractivity contribution in [2.24, 2.45) is 0 Å². The molecule has 2 rings (SSSR count). The van der Waals surface area contributed by atoms with Crippen LogP contribution in [0.5, 0.6) is 0 Å². The highest BCUT2D eigenvalue weighted by Gasteiger charge is 2.17. The molecule has 0 saturated carbocycles. The van der Waals surface area contributed by atoms with Crippen molar-refractivity contribution in [1.29, 1.82) is 0 Å². The van der Waals surface area contributed by atoms with Gasteiger partial charge in [0.15, 0.2) is 0 Å². The lowest BCUT2D eigenvalue weighted by molar-refractivity contribution is -0.117. The van der Waals surface area contributed by atoms with Crippen molar-refractivity contribution in [2.75, 3.05) is 12.4 Å². The predicted octanol–water partition coefficient (Wildman–Crippen LogP) is 2.11. The Balaban J connectivity index is 2.01. The quantitative estimate of drug-likeness (QED) is 0.780. The molecule has 2 aromatic carbocycles. The van der Waals surface area contributed by atoms with Crippen molar-refractivity contribution in [3.8, 4) is 0 Å². The summed E-state index contributed by atoms with van der Waals surface area (Å²) < 4.78 is 0. The maximum Gasteiger partial charge on any atom is 0.251 e. The zero-order valence-corrected chi connectivity index (χ0v) is 14.4. The van der Waals surface area contributed by atoms with Gasteiger partial charge in [-0.3, -0.25) is 14.4 Å². The Labute approximate surface area is 146 Å². The summed E-state index contributed by atoms with van der Waals surface area (Å²) in [6.07, 6.45) is 0. The van der Waals surface area contributed by atoms with Gasteiger partial charge >= 0.3 is 0 Å². The van der Waals surface area contributed by atoms with Gasteiger partial charge in [0.1, 0.15) is 6.04 Å². The fourth-order valence-electron chi connectivity index (χ4n) is 2.26. The van der Waals surface area contributed by atoms with Crippen LogP contribution in [0.15, 0.2) is 48.5 Å². The lowest BCUT2D eigenvalue weighted by atomic mass is 10.1. The Bertz CT molecular complexity index is 802. The third-order valence-electron chi connectivity index (χ3n) is 3.64. The van der Waals surface area contributed by atoms with Crippen LogP contribution in [0.25, 0.3) is 0 Å². The summed E-state index contributed by atoms with van der Waals surface area (Å²) in [6.45, 7) is 3.50. The minimum absolute atomic E-state index is 0.239. The smallest absolute Gasteiger partial charge is 0.251 e. The standard InChI is InChI=1S/C19H21N3O3/c1-12-6-4-7-14(10-12)19(25)21-13(2)17(23)22-16-9-5-8-15(11-16)18(24)20-3/h4-11,13H,1-3H3,(H,20,24)(H,21,25)(H,22,23). The van der Waals surface area contributed by atoms with E-state index in [0.717, 1.165) is 5.56 Å². The topological polar surface area (TPSA) is 87.3 Å². The molecule has 0 aliphatic rings. The van der Waals surface area contributed by atoms with Gasteiger partial charge in [-0.05, 0) is 44.2 Å². The molecule has 0 bridgehead atoms. The lowest BCUT2D eigenvalue weighted by Gasteiger charge is -2.15. The van der Waals surface area contributed by atoms with E-state index in [1.54, 1.807) is 49.4 Å². The molecule has 130 valence electrons. The normalized spacial score (nSPS) is 11.3. The van der Waals surface area contributed by atoms with Gasteiger partial charge < -0.3 is 16.0 Å². The van der Waals surface area contributed by atoms with E-state index in [2.05, 4.69) is 16.0 Å². The minimum Gasteiger partial charge on any atom is -0.355 e. The van der Waals surface area contributed by atoms with Crippen LogP contribution in [-0.2, 0) is 4.79 Å². The molecule has 6 heteroatoms. The molecule has 2 aromatic rings. The second kappa shape index (κ2) is 8.10. The molecule has 0 spiro atoms. The van der Waals surface area contributed by atoms with Crippen molar-refractivity contribution in [3.63, 3.8) is 0 Å². The Kier molecular flexibility index (Phi) is 5.89. The van der Waals surface area contributed by atoms with E-state index in [0.29, 0.717) is 16.8 Å². The average Bonchev–Trinajstić information content (AvgIpc) is 2.61. The van der Waals surface area contributed by atoms with Gasteiger partial charge in [0.2, 0.25) is 5.91 Å². The molecule has 0 saturated heterocycles. The van der Waals surface area contributed by atoms with E-state index in [1.165, 1.54) is 7.05 Å². The number of carbonyl (C=O) groups is 3. The van der Waals surface area contributed by atoms with Crippen molar-refractivity contribution >= 4 is 23.4 Å². The summed E-state index contributed by atoms with van der Waals surface area (Å²) in [5.41, 5.74) is 2.40. The van der Waals surface area contributed by atoms with Gasteiger partial charge in [0.05, 0.1) is 0 Å². The summed E-state index contributed by atoms with van der Waals surface area (Å²) in [4.78, 5) is 36.1. The predicted molar refractivity (Wildman–Crippen MR) is 96.6 cm³/mol. The molecule has 0 fully saturated rings. The van der Waals surface area contributed by atoms with E-state index in [-0.39, 0.29) is 17.7 Å². The van der Waals surface area contributed by atoms with E-state index < -0.39 is 6.04 Å². The molecule has 0 aromatic heterocycles. The van der Waals surface area contributed by atoms with Crippen molar-refractivity contribution < 1.29 is 14.4 Å². The first-order valence-electron chi connectivity index (χ1n) is 7.91. The highest BCUT2D eigenvalue weighted by molar-refractivity contribution is 6.02. The Morgan fingerprint density at radius 2 is 1.56 bits per heavy atom. The number of rotatable bonds is 5. The Morgan fingerprint density at radius 1 is 0.920 bits per heavy atom. The van der Waals surface area contributed by atoms with Crippen LogP contribution < -0.4 is 16.0 Å². The molecular formula is C19H21N3O3. The summed E-state index contributed by atoms with van der Waals surface area (Å²) >= 11 is 0. The highest BCUT2D eigenvalue weighted by Crippen LogP contribution is 2.11. The monoisotopic (exact) mass is 339 g/mol. The maximum atomic E-state index is 12.3. The van der Waals surface area contributed by atoms with Gasteiger partial charge in [0.25, 0.3) is 11.8 Å². The number of anilines is 1. The molecule has 3 amide bonds. The fraction of sp³-hybridized carbons (Fsp3) is 0.211. The first-order valence-corrected chi connectivity index (χ1v) is 7.91. The number of benzene rings is 2. The van der Waals surface area contributed by atoms with Crippen LogP contribution in [0, 0.1) is 6.92 Å². The van der Waals surface area contributed by atoms with Crippen LogP contribution in [0.4, 0.5) is 5.69 Å². The largest absolute Gasteiger partial charge is 0.355 e. The Morgan fingerprint density at radius 3 is 2.20 bits per heavy atom. The van der Waals surface area contributed by atoms with Crippen molar-refractivity contribution in [3.05, 3.63) is 65.2 Å². The number of aryl methyl sites for hydroxylation is 1. The summed E-state index contributed by atoms with van der Waals surface area (Å²) in [6, 6.07) is 13.0. The number of hydrogen-bond acceptors (Lipinski definition) is 3. The molecule has 3 N–H and O–H groups in total. The summed E-state index contributed by atoms with van der Waals surface area (Å²) in [5, 5.41) is 7.88. The second-order valence-corrected chi connectivity index (χ2v) is 5.71. The first kappa shape index (κ1) is 18.2. The molecule has 1 unspecified atom stereocenters. The number of carbonyl (C=O) groups excluding carboxylic acids is 3. The summed E-state index contributed by atoms with van der Waals surface area (Å²) in [7, 11) is 1.54.